The summed E-state index contributed by atoms with van der Waals surface area (Å²) in [6, 6.07) is 0. The van der Waals surface area contributed by atoms with Gasteiger partial charge in [0.05, 0.1) is 6.61 Å². The molecule has 0 fully saturated rings. The van der Waals surface area contributed by atoms with Crippen molar-refractivity contribution in [2.45, 2.75) is 39.7 Å². The van der Waals surface area contributed by atoms with Gasteiger partial charge in [0.15, 0.2) is 0 Å². The molecule has 0 atom stereocenters. The number of rotatable bonds is 6. The van der Waals surface area contributed by atoms with Crippen molar-refractivity contribution in [3.05, 3.63) is 0 Å². The van der Waals surface area contributed by atoms with E-state index >= 15 is 0 Å². The Labute approximate surface area is 96.9 Å². The Kier molecular flexibility index (Phi) is 6.72. The molecule has 0 heterocycles. The van der Waals surface area contributed by atoms with Gasteiger partial charge >= 0.3 is 5.97 Å². The van der Waals surface area contributed by atoms with E-state index in [-0.39, 0.29) is 18.0 Å². The number of ether oxygens (including phenoxy) is 1. The Balaban J connectivity index is 3.56. The van der Waals surface area contributed by atoms with E-state index in [1.807, 2.05) is 20.8 Å². The smallest absolute Gasteiger partial charge is 0.325 e. The van der Waals surface area contributed by atoms with Crippen molar-refractivity contribution >= 4 is 11.9 Å². The third-order valence-electron chi connectivity index (χ3n) is 1.74. The molecule has 0 radical (unpaired) electrons. The molecule has 0 unspecified atom stereocenters. The van der Waals surface area contributed by atoms with Gasteiger partial charge in [-0.1, -0.05) is 0 Å². The van der Waals surface area contributed by atoms with Gasteiger partial charge in [0, 0.05) is 18.5 Å². The van der Waals surface area contributed by atoms with Crippen LogP contribution in [-0.2, 0) is 14.3 Å². The Bertz CT molecular complexity index is 234. The first-order chi connectivity index (χ1) is 7.35. The molecule has 0 aromatic rings. The van der Waals surface area contributed by atoms with E-state index in [2.05, 4.69) is 15.4 Å². The summed E-state index contributed by atoms with van der Waals surface area (Å²) in [4.78, 5) is 22.2. The number of carbonyl (C=O) groups is 2. The van der Waals surface area contributed by atoms with Crippen molar-refractivity contribution in [1.29, 1.82) is 0 Å². The molecule has 0 rings (SSSR count). The highest BCUT2D eigenvalue weighted by Gasteiger charge is 2.10. The lowest BCUT2D eigenvalue weighted by Crippen LogP contribution is -2.39. The molecule has 0 spiro atoms. The molecule has 94 valence electrons. The van der Waals surface area contributed by atoms with Crippen LogP contribution in [0.5, 0.6) is 0 Å². The van der Waals surface area contributed by atoms with Gasteiger partial charge in [0.25, 0.3) is 0 Å². The Morgan fingerprint density at radius 2 is 1.88 bits per heavy atom. The van der Waals surface area contributed by atoms with Crippen molar-refractivity contribution < 1.29 is 14.3 Å². The zero-order chi connectivity index (χ0) is 12.6. The number of hydrogen-bond acceptors (Lipinski definition) is 4. The maximum Gasteiger partial charge on any atom is 0.325 e. The SMILES string of the molecule is CCOC(=O)CNC(=O)CCNC(C)(C)C. The lowest BCUT2D eigenvalue weighted by atomic mass is 10.1. The highest BCUT2D eigenvalue weighted by atomic mass is 16.5. The summed E-state index contributed by atoms with van der Waals surface area (Å²) < 4.78 is 4.68. The van der Waals surface area contributed by atoms with Crippen LogP contribution in [0.25, 0.3) is 0 Å². The molecule has 0 aromatic carbocycles. The summed E-state index contributed by atoms with van der Waals surface area (Å²) in [6.07, 6.45) is 0.358. The predicted molar refractivity (Wildman–Crippen MR) is 62.0 cm³/mol. The van der Waals surface area contributed by atoms with Crippen LogP contribution in [0.2, 0.25) is 0 Å². The quantitative estimate of drug-likeness (QED) is 0.650. The Morgan fingerprint density at radius 1 is 1.25 bits per heavy atom. The Morgan fingerprint density at radius 3 is 2.38 bits per heavy atom. The molecular formula is C11H22N2O3. The van der Waals surface area contributed by atoms with Crippen LogP contribution in [-0.4, -0.2) is 37.1 Å². The average molecular weight is 230 g/mol. The van der Waals surface area contributed by atoms with Crippen molar-refractivity contribution in [3.8, 4) is 0 Å². The van der Waals surface area contributed by atoms with Crippen LogP contribution in [0, 0.1) is 0 Å². The second-order valence-corrected chi connectivity index (χ2v) is 4.51. The van der Waals surface area contributed by atoms with E-state index < -0.39 is 5.97 Å². The molecule has 2 N–H and O–H groups in total. The Hall–Kier alpha value is -1.10. The molecule has 0 saturated heterocycles. The van der Waals surface area contributed by atoms with Gasteiger partial charge in [-0.15, -0.1) is 0 Å². The molecule has 0 saturated carbocycles. The molecule has 5 heteroatoms. The number of nitrogens with one attached hydrogen (secondary N) is 2. The van der Waals surface area contributed by atoms with Crippen LogP contribution in [0.15, 0.2) is 0 Å². The van der Waals surface area contributed by atoms with Crippen LogP contribution in [0.1, 0.15) is 34.1 Å². The molecule has 5 nitrogen and oxygen atoms in total. The zero-order valence-electron chi connectivity index (χ0n) is 10.6. The van der Waals surface area contributed by atoms with E-state index in [4.69, 9.17) is 0 Å². The van der Waals surface area contributed by atoms with Crippen LogP contribution in [0.3, 0.4) is 0 Å². The summed E-state index contributed by atoms with van der Waals surface area (Å²) >= 11 is 0. The van der Waals surface area contributed by atoms with Crippen molar-refractivity contribution in [3.63, 3.8) is 0 Å². The standard InChI is InChI=1S/C11H22N2O3/c1-5-16-10(15)8-12-9(14)6-7-13-11(2,3)4/h13H,5-8H2,1-4H3,(H,12,14). The molecule has 16 heavy (non-hydrogen) atoms. The number of carbonyl (C=O) groups excluding carboxylic acids is 2. The van der Waals surface area contributed by atoms with E-state index in [0.29, 0.717) is 19.6 Å². The third kappa shape index (κ3) is 9.45. The lowest BCUT2D eigenvalue weighted by molar-refractivity contribution is -0.143. The van der Waals surface area contributed by atoms with Crippen LogP contribution >= 0.6 is 0 Å². The first kappa shape index (κ1) is 14.9. The maximum atomic E-state index is 11.3. The van der Waals surface area contributed by atoms with Gasteiger partial charge < -0.3 is 15.4 Å². The minimum absolute atomic E-state index is 0.00141. The number of hydrogen-bond donors (Lipinski definition) is 2. The average Bonchev–Trinajstić information content (AvgIpc) is 2.13. The van der Waals surface area contributed by atoms with E-state index in [1.54, 1.807) is 6.92 Å². The molecule has 0 aliphatic heterocycles. The minimum Gasteiger partial charge on any atom is -0.465 e. The fraction of sp³-hybridized carbons (Fsp3) is 0.818. The highest BCUT2D eigenvalue weighted by Crippen LogP contribution is 1.97. The van der Waals surface area contributed by atoms with Crippen molar-refractivity contribution in [2.24, 2.45) is 0 Å². The zero-order valence-corrected chi connectivity index (χ0v) is 10.6. The molecule has 1 amide bonds. The van der Waals surface area contributed by atoms with Gasteiger partial charge in [-0.25, -0.2) is 0 Å². The normalized spacial score (nSPS) is 11.0. The number of esters is 1. The summed E-state index contributed by atoms with van der Waals surface area (Å²) in [5.41, 5.74) is 0.00141. The van der Waals surface area contributed by atoms with Gasteiger partial charge in [0.1, 0.15) is 6.54 Å². The van der Waals surface area contributed by atoms with E-state index in [9.17, 15) is 9.59 Å². The predicted octanol–water partition coefficient (Wildman–Crippen LogP) is 0.444. The van der Waals surface area contributed by atoms with Crippen molar-refractivity contribution in [1.82, 2.24) is 10.6 Å². The van der Waals surface area contributed by atoms with Gasteiger partial charge in [-0.2, -0.15) is 0 Å². The monoisotopic (exact) mass is 230 g/mol. The van der Waals surface area contributed by atoms with Crippen molar-refractivity contribution in [2.75, 3.05) is 19.7 Å². The fourth-order valence-corrected chi connectivity index (χ4v) is 1.02. The largest absolute Gasteiger partial charge is 0.465 e. The summed E-state index contributed by atoms with van der Waals surface area (Å²) in [5, 5.41) is 5.69. The lowest BCUT2D eigenvalue weighted by Gasteiger charge is -2.20. The summed E-state index contributed by atoms with van der Waals surface area (Å²) in [7, 11) is 0. The molecule has 0 aliphatic carbocycles. The van der Waals surface area contributed by atoms with Gasteiger partial charge in [-0.3, -0.25) is 9.59 Å². The van der Waals surface area contributed by atoms with E-state index in [0.717, 1.165) is 0 Å². The molecule has 0 aliphatic rings. The molecule has 0 aromatic heterocycles. The van der Waals surface area contributed by atoms with Crippen LogP contribution < -0.4 is 10.6 Å². The number of amides is 1. The van der Waals surface area contributed by atoms with Gasteiger partial charge in [0.2, 0.25) is 5.91 Å². The molecule has 0 bridgehead atoms. The fourth-order valence-electron chi connectivity index (χ4n) is 1.02. The second-order valence-electron chi connectivity index (χ2n) is 4.51. The first-order valence-electron chi connectivity index (χ1n) is 5.52. The third-order valence-corrected chi connectivity index (χ3v) is 1.74. The first-order valence-corrected chi connectivity index (χ1v) is 5.52. The van der Waals surface area contributed by atoms with Crippen LogP contribution in [0.4, 0.5) is 0 Å². The molecular weight excluding hydrogens is 208 g/mol. The summed E-state index contributed by atoms with van der Waals surface area (Å²) in [5.74, 6) is -0.551. The topological polar surface area (TPSA) is 67.4 Å². The second kappa shape index (κ2) is 7.22. The van der Waals surface area contributed by atoms with E-state index in [1.165, 1.54) is 0 Å². The maximum absolute atomic E-state index is 11.3. The minimum atomic E-state index is -0.403. The highest BCUT2D eigenvalue weighted by molar-refractivity contribution is 5.81. The van der Waals surface area contributed by atoms with Gasteiger partial charge in [-0.05, 0) is 27.7 Å². The summed E-state index contributed by atoms with van der Waals surface area (Å²) in [6.45, 7) is 8.70.